The summed E-state index contributed by atoms with van der Waals surface area (Å²) in [6.45, 7) is 6.56. The zero-order chi connectivity index (χ0) is 13.8. The van der Waals surface area contributed by atoms with Crippen molar-refractivity contribution in [2.24, 2.45) is 5.92 Å². The van der Waals surface area contributed by atoms with E-state index in [0.717, 1.165) is 25.1 Å². The van der Waals surface area contributed by atoms with Gasteiger partial charge in [0.05, 0.1) is 0 Å². The molecule has 19 heavy (non-hydrogen) atoms. The molecule has 1 aliphatic rings. The van der Waals surface area contributed by atoms with E-state index in [9.17, 15) is 4.39 Å². The molecule has 1 aliphatic heterocycles. The van der Waals surface area contributed by atoms with Gasteiger partial charge >= 0.3 is 0 Å². The third-order valence-electron chi connectivity index (χ3n) is 4.37. The smallest absolute Gasteiger partial charge is 0.126 e. The Labute approximate surface area is 116 Å². The predicted molar refractivity (Wildman–Crippen MR) is 77.8 cm³/mol. The minimum atomic E-state index is -0.0888. The van der Waals surface area contributed by atoms with Crippen LogP contribution in [0.2, 0.25) is 0 Å². The molecule has 2 nitrogen and oxygen atoms in total. The van der Waals surface area contributed by atoms with Crippen molar-refractivity contribution < 1.29 is 4.39 Å². The predicted octanol–water partition coefficient (Wildman–Crippen LogP) is 2.69. The Morgan fingerprint density at radius 3 is 2.79 bits per heavy atom. The summed E-state index contributed by atoms with van der Waals surface area (Å²) in [6.07, 6.45) is 1.94. The molecule has 0 aliphatic carbocycles. The van der Waals surface area contributed by atoms with E-state index in [-0.39, 0.29) is 5.82 Å². The van der Waals surface area contributed by atoms with Crippen molar-refractivity contribution in [3.8, 4) is 0 Å². The SMILES string of the molecule is CC1CN(C)C(C)CC1NCCc1ccccc1F. The van der Waals surface area contributed by atoms with Crippen LogP contribution in [0.5, 0.6) is 0 Å². The van der Waals surface area contributed by atoms with Crippen molar-refractivity contribution in [3.05, 3.63) is 35.6 Å². The van der Waals surface area contributed by atoms with Crippen LogP contribution in [0.3, 0.4) is 0 Å². The van der Waals surface area contributed by atoms with Gasteiger partial charge in [0.15, 0.2) is 0 Å². The van der Waals surface area contributed by atoms with Crippen LogP contribution in [-0.4, -0.2) is 37.1 Å². The minimum Gasteiger partial charge on any atom is -0.313 e. The standard InChI is InChI=1S/C16H25FN2/c1-12-11-19(3)13(2)10-16(12)18-9-8-14-6-4-5-7-15(14)17/h4-7,12-13,16,18H,8-11H2,1-3H3. The summed E-state index contributed by atoms with van der Waals surface area (Å²) in [4.78, 5) is 2.42. The Bertz CT molecular complexity index is 407. The number of nitrogens with one attached hydrogen (secondary N) is 1. The van der Waals surface area contributed by atoms with Gasteiger partial charge in [0, 0.05) is 18.6 Å². The van der Waals surface area contributed by atoms with E-state index in [0.29, 0.717) is 18.0 Å². The molecule has 0 radical (unpaired) electrons. The third kappa shape index (κ3) is 3.77. The molecule has 0 amide bonds. The minimum absolute atomic E-state index is 0.0888. The van der Waals surface area contributed by atoms with E-state index in [1.165, 1.54) is 12.5 Å². The highest BCUT2D eigenvalue weighted by Crippen LogP contribution is 2.20. The largest absolute Gasteiger partial charge is 0.313 e. The van der Waals surface area contributed by atoms with Gasteiger partial charge in [-0.15, -0.1) is 0 Å². The number of benzene rings is 1. The van der Waals surface area contributed by atoms with Crippen molar-refractivity contribution in [1.82, 2.24) is 10.2 Å². The lowest BCUT2D eigenvalue weighted by Crippen LogP contribution is -2.51. The van der Waals surface area contributed by atoms with Gasteiger partial charge in [-0.05, 0) is 50.9 Å². The highest BCUT2D eigenvalue weighted by Gasteiger charge is 2.28. The van der Waals surface area contributed by atoms with Crippen molar-refractivity contribution in [1.29, 1.82) is 0 Å². The summed E-state index contributed by atoms with van der Waals surface area (Å²) in [6, 6.07) is 8.24. The van der Waals surface area contributed by atoms with Crippen LogP contribution < -0.4 is 5.32 Å². The fraction of sp³-hybridized carbons (Fsp3) is 0.625. The van der Waals surface area contributed by atoms with Gasteiger partial charge in [0.25, 0.3) is 0 Å². The lowest BCUT2D eigenvalue weighted by Gasteiger charge is -2.40. The fourth-order valence-electron chi connectivity index (χ4n) is 2.92. The zero-order valence-electron chi connectivity index (χ0n) is 12.2. The molecule has 1 heterocycles. The van der Waals surface area contributed by atoms with Crippen LogP contribution in [0.1, 0.15) is 25.8 Å². The first-order valence-corrected chi connectivity index (χ1v) is 7.25. The molecule has 1 aromatic carbocycles. The van der Waals surface area contributed by atoms with Crippen LogP contribution in [0, 0.1) is 11.7 Å². The van der Waals surface area contributed by atoms with Crippen molar-refractivity contribution in [2.75, 3.05) is 20.1 Å². The molecule has 0 saturated carbocycles. The summed E-state index contributed by atoms with van der Waals surface area (Å²) in [5, 5.41) is 3.60. The number of nitrogens with zero attached hydrogens (tertiary/aromatic N) is 1. The number of piperidine rings is 1. The van der Waals surface area contributed by atoms with E-state index in [4.69, 9.17) is 0 Å². The Morgan fingerprint density at radius 1 is 1.32 bits per heavy atom. The van der Waals surface area contributed by atoms with Crippen LogP contribution in [0.4, 0.5) is 4.39 Å². The molecule has 3 atom stereocenters. The van der Waals surface area contributed by atoms with Gasteiger partial charge in [0.2, 0.25) is 0 Å². The number of rotatable bonds is 4. The van der Waals surface area contributed by atoms with Crippen LogP contribution >= 0.6 is 0 Å². The summed E-state index contributed by atoms with van der Waals surface area (Å²) in [7, 11) is 2.19. The lowest BCUT2D eigenvalue weighted by atomic mass is 9.90. The number of likely N-dealkylation sites (tertiary alicyclic amines) is 1. The normalized spacial score (nSPS) is 28.5. The average Bonchev–Trinajstić information content (AvgIpc) is 2.38. The topological polar surface area (TPSA) is 15.3 Å². The molecule has 1 N–H and O–H groups in total. The first-order chi connectivity index (χ1) is 9.08. The van der Waals surface area contributed by atoms with Gasteiger partial charge in [0.1, 0.15) is 5.82 Å². The molecule has 1 saturated heterocycles. The van der Waals surface area contributed by atoms with Crippen LogP contribution in [-0.2, 0) is 6.42 Å². The van der Waals surface area contributed by atoms with E-state index in [2.05, 4.69) is 31.1 Å². The molecule has 0 aromatic heterocycles. The average molecular weight is 264 g/mol. The second kappa shape index (κ2) is 6.49. The van der Waals surface area contributed by atoms with Crippen molar-refractivity contribution in [3.63, 3.8) is 0 Å². The summed E-state index contributed by atoms with van der Waals surface area (Å²) >= 11 is 0. The fourth-order valence-corrected chi connectivity index (χ4v) is 2.92. The Balaban J connectivity index is 1.81. The molecule has 3 heteroatoms. The number of hydrogen-bond acceptors (Lipinski definition) is 2. The second-order valence-electron chi connectivity index (χ2n) is 5.90. The van der Waals surface area contributed by atoms with E-state index in [1.807, 2.05) is 12.1 Å². The maximum absolute atomic E-state index is 13.5. The van der Waals surface area contributed by atoms with E-state index >= 15 is 0 Å². The molecule has 2 rings (SSSR count). The van der Waals surface area contributed by atoms with Crippen molar-refractivity contribution in [2.45, 2.75) is 38.8 Å². The van der Waals surface area contributed by atoms with Gasteiger partial charge in [-0.2, -0.15) is 0 Å². The highest BCUT2D eigenvalue weighted by atomic mass is 19.1. The first kappa shape index (κ1) is 14.5. The quantitative estimate of drug-likeness (QED) is 0.899. The molecule has 106 valence electrons. The maximum atomic E-state index is 13.5. The second-order valence-corrected chi connectivity index (χ2v) is 5.90. The first-order valence-electron chi connectivity index (χ1n) is 7.25. The zero-order valence-corrected chi connectivity index (χ0v) is 12.2. The monoisotopic (exact) mass is 264 g/mol. The van der Waals surface area contributed by atoms with Crippen LogP contribution in [0.15, 0.2) is 24.3 Å². The summed E-state index contributed by atoms with van der Waals surface area (Å²) in [5.74, 6) is 0.566. The molecular weight excluding hydrogens is 239 g/mol. The van der Waals surface area contributed by atoms with Gasteiger partial charge < -0.3 is 10.2 Å². The molecule has 1 aromatic rings. The molecular formula is C16H25FN2. The Morgan fingerprint density at radius 2 is 2.05 bits per heavy atom. The van der Waals surface area contributed by atoms with Gasteiger partial charge in [-0.25, -0.2) is 4.39 Å². The Hall–Kier alpha value is -0.930. The van der Waals surface area contributed by atoms with E-state index in [1.54, 1.807) is 6.07 Å². The van der Waals surface area contributed by atoms with Gasteiger partial charge in [-0.1, -0.05) is 25.1 Å². The molecule has 1 fully saturated rings. The summed E-state index contributed by atoms with van der Waals surface area (Å²) < 4.78 is 13.5. The van der Waals surface area contributed by atoms with E-state index < -0.39 is 0 Å². The highest BCUT2D eigenvalue weighted by molar-refractivity contribution is 5.17. The molecule has 3 unspecified atom stereocenters. The number of hydrogen-bond donors (Lipinski definition) is 1. The third-order valence-corrected chi connectivity index (χ3v) is 4.37. The summed E-state index contributed by atoms with van der Waals surface area (Å²) in [5.41, 5.74) is 0.809. The molecule has 0 spiro atoms. The van der Waals surface area contributed by atoms with Crippen molar-refractivity contribution >= 4 is 0 Å². The van der Waals surface area contributed by atoms with Gasteiger partial charge in [-0.3, -0.25) is 0 Å². The van der Waals surface area contributed by atoms with Crippen LogP contribution in [0.25, 0.3) is 0 Å². The Kier molecular flexibility index (Phi) is 4.94. The number of halogens is 1. The molecule has 0 bridgehead atoms. The lowest BCUT2D eigenvalue weighted by molar-refractivity contribution is 0.122. The maximum Gasteiger partial charge on any atom is 0.126 e.